The van der Waals surface area contributed by atoms with E-state index in [-0.39, 0.29) is 6.61 Å². The minimum absolute atomic E-state index is 0.0179. The first-order valence-electron chi connectivity index (χ1n) is 6.40. The molecule has 0 aromatic heterocycles. The van der Waals surface area contributed by atoms with Crippen molar-refractivity contribution in [3.8, 4) is 0 Å². The standard InChI is InChI=1S/C15H17NO6/c1-3-11(14(19)21-2)12(13(17)18)16-15(20)22-9-10-7-5-4-6-8-10/h3-8,11-12H,1,9H2,2H3,(H,16,20)(H,17,18)/t11-,12-/m0/s1. The summed E-state index contributed by atoms with van der Waals surface area (Å²) >= 11 is 0. The Bertz CT molecular complexity index is 542. The molecule has 1 aromatic carbocycles. The summed E-state index contributed by atoms with van der Waals surface area (Å²) in [6.45, 7) is 3.36. The number of alkyl carbamates (subject to hydrolysis) is 1. The summed E-state index contributed by atoms with van der Waals surface area (Å²) in [4.78, 5) is 34.4. The number of amides is 1. The van der Waals surface area contributed by atoms with Gasteiger partial charge >= 0.3 is 18.0 Å². The van der Waals surface area contributed by atoms with Gasteiger partial charge in [0.1, 0.15) is 18.6 Å². The highest BCUT2D eigenvalue weighted by Crippen LogP contribution is 2.09. The van der Waals surface area contributed by atoms with Crippen LogP contribution < -0.4 is 5.32 Å². The van der Waals surface area contributed by atoms with Crippen LogP contribution in [0, 0.1) is 5.92 Å². The van der Waals surface area contributed by atoms with Gasteiger partial charge in [0.15, 0.2) is 0 Å². The minimum atomic E-state index is -1.52. The van der Waals surface area contributed by atoms with E-state index in [9.17, 15) is 14.4 Å². The Morgan fingerprint density at radius 3 is 2.45 bits per heavy atom. The summed E-state index contributed by atoms with van der Waals surface area (Å²) in [6.07, 6.45) is 0.147. The van der Waals surface area contributed by atoms with Crippen LogP contribution in [0.5, 0.6) is 0 Å². The highest BCUT2D eigenvalue weighted by Gasteiger charge is 2.34. The minimum Gasteiger partial charge on any atom is -0.480 e. The molecule has 1 rings (SSSR count). The van der Waals surface area contributed by atoms with Gasteiger partial charge in [-0.3, -0.25) is 4.79 Å². The van der Waals surface area contributed by atoms with Crippen molar-refractivity contribution in [2.24, 2.45) is 5.92 Å². The molecular weight excluding hydrogens is 290 g/mol. The summed E-state index contributed by atoms with van der Waals surface area (Å²) in [5.41, 5.74) is 0.748. The van der Waals surface area contributed by atoms with Crippen molar-refractivity contribution in [3.63, 3.8) is 0 Å². The second kappa shape index (κ2) is 8.46. The molecule has 0 radical (unpaired) electrons. The lowest BCUT2D eigenvalue weighted by molar-refractivity contribution is -0.151. The highest BCUT2D eigenvalue weighted by molar-refractivity contribution is 5.87. The molecule has 22 heavy (non-hydrogen) atoms. The number of rotatable bonds is 7. The number of carbonyl (C=O) groups excluding carboxylic acids is 2. The molecule has 0 fully saturated rings. The number of esters is 1. The number of hydrogen-bond donors (Lipinski definition) is 2. The number of ether oxygens (including phenoxy) is 2. The third-order valence-corrected chi connectivity index (χ3v) is 2.84. The second-order valence-electron chi connectivity index (χ2n) is 4.31. The van der Waals surface area contributed by atoms with E-state index in [4.69, 9.17) is 9.84 Å². The van der Waals surface area contributed by atoms with Gasteiger partial charge < -0.3 is 19.9 Å². The molecule has 0 heterocycles. The van der Waals surface area contributed by atoms with Gasteiger partial charge in [0.25, 0.3) is 0 Å². The molecule has 118 valence electrons. The lowest BCUT2D eigenvalue weighted by atomic mass is 10.0. The van der Waals surface area contributed by atoms with Crippen molar-refractivity contribution in [1.82, 2.24) is 5.32 Å². The van der Waals surface area contributed by atoms with E-state index >= 15 is 0 Å². The zero-order chi connectivity index (χ0) is 16.5. The van der Waals surface area contributed by atoms with Crippen LogP contribution in [0.1, 0.15) is 5.56 Å². The number of methoxy groups -OCH3 is 1. The molecule has 7 nitrogen and oxygen atoms in total. The second-order valence-corrected chi connectivity index (χ2v) is 4.31. The quantitative estimate of drug-likeness (QED) is 0.582. The largest absolute Gasteiger partial charge is 0.480 e. The van der Waals surface area contributed by atoms with Gasteiger partial charge in [-0.1, -0.05) is 36.4 Å². The molecule has 0 unspecified atom stereocenters. The normalized spacial score (nSPS) is 12.6. The number of carbonyl (C=O) groups is 3. The molecular formula is C15H17NO6. The SMILES string of the molecule is C=C[C@H](C(=O)OC)[C@H](NC(=O)OCc1ccccc1)C(=O)O. The van der Waals surface area contributed by atoms with Gasteiger partial charge in [-0.25, -0.2) is 9.59 Å². The van der Waals surface area contributed by atoms with E-state index in [1.807, 2.05) is 6.07 Å². The molecule has 1 amide bonds. The van der Waals surface area contributed by atoms with Crippen LogP contribution in [0.4, 0.5) is 4.79 Å². The summed E-state index contributed by atoms with van der Waals surface area (Å²) in [6, 6.07) is 7.36. The predicted molar refractivity (Wildman–Crippen MR) is 76.9 cm³/mol. The van der Waals surface area contributed by atoms with Gasteiger partial charge in [-0.2, -0.15) is 0 Å². The van der Waals surface area contributed by atoms with E-state index in [1.54, 1.807) is 24.3 Å². The lowest BCUT2D eigenvalue weighted by Gasteiger charge is -2.19. The van der Waals surface area contributed by atoms with E-state index in [1.165, 1.54) is 0 Å². The zero-order valence-corrected chi connectivity index (χ0v) is 12.0. The summed E-state index contributed by atoms with van der Waals surface area (Å²) in [5, 5.41) is 11.2. The topological polar surface area (TPSA) is 102 Å². The first-order valence-corrected chi connectivity index (χ1v) is 6.40. The van der Waals surface area contributed by atoms with Gasteiger partial charge in [-0.05, 0) is 5.56 Å². The van der Waals surface area contributed by atoms with E-state index in [0.717, 1.165) is 18.7 Å². The van der Waals surface area contributed by atoms with Gasteiger partial charge in [0.2, 0.25) is 0 Å². The molecule has 0 saturated heterocycles. The van der Waals surface area contributed by atoms with E-state index < -0.39 is 30.0 Å². The Labute approximate surface area is 127 Å². The number of carboxylic acid groups (broad SMARTS) is 1. The maximum absolute atomic E-state index is 11.7. The Hall–Kier alpha value is -2.83. The lowest BCUT2D eigenvalue weighted by Crippen LogP contribution is -2.48. The molecule has 0 saturated carbocycles. The van der Waals surface area contributed by atoms with Gasteiger partial charge in [-0.15, -0.1) is 6.58 Å². The monoisotopic (exact) mass is 307 g/mol. The fourth-order valence-electron chi connectivity index (χ4n) is 1.70. The number of benzene rings is 1. The number of carboxylic acids is 1. The number of nitrogens with one attached hydrogen (secondary N) is 1. The summed E-state index contributed by atoms with van der Waals surface area (Å²) in [5.74, 6) is -3.43. The fraction of sp³-hybridized carbons (Fsp3) is 0.267. The van der Waals surface area contributed by atoms with Crippen LogP contribution in [-0.2, 0) is 25.7 Å². The molecule has 2 atom stereocenters. The number of aliphatic carboxylic acids is 1. The molecule has 0 bridgehead atoms. The highest BCUT2D eigenvalue weighted by atomic mass is 16.5. The van der Waals surface area contributed by atoms with Crippen molar-refractivity contribution < 1.29 is 29.0 Å². The Kier molecular flexibility index (Phi) is 6.62. The third-order valence-electron chi connectivity index (χ3n) is 2.84. The molecule has 1 aromatic rings. The van der Waals surface area contributed by atoms with Gasteiger partial charge in [0, 0.05) is 0 Å². The van der Waals surface area contributed by atoms with E-state index in [2.05, 4.69) is 16.6 Å². The van der Waals surface area contributed by atoms with Gasteiger partial charge in [0.05, 0.1) is 7.11 Å². The molecule has 0 aliphatic carbocycles. The average molecular weight is 307 g/mol. The number of hydrogen-bond acceptors (Lipinski definition) is 5. The average Bonchev–Trinajstić information content (AvgIpc) is 2.53. The van der Waals surface area contributed by atoms with Crippen molar-refractivity contribution in [2.75, 3.05) is 7.11 Å². The van der Waals surface area contributed by atoms with Crippen LogP contribution in [0.3, 0.4) is 0 Å². The zero-order valence-electron chi connectivity index (χ0n) is 12.0. The first-order chi connectivity index (χ1) is 10.5. The fourth-order valence-corrected chi connectivity index (χ4v) is 1.70. The first kappa shape index (κ1) is 17.2. The smallest absolute Gasteiger partial charge is 0.408 e. The maximum Gasteiger partial charge on any atom is 0.408 e. The summed E-state index contributed by atoms with van der Waals surface area (Å²) < 4.78 is 9.40. The maximum atomic E-state index is 11.7. The molecule has 0 aliphatic rings. The molecule has 0 spiro atoms. The Morgan fingerprint density at radius 2 is 1.95 bits per heavy atom. The van der Waals surface area contributed by atoms with Crippen molar-refractivity contribution in [3.05, 3.63) is 48.6 Å². The van der Waals surface area contributed by atoms with Crippen LogP contribution in [0.2, 0.25) is 0 Å². The van der Waals surface area contributed by atoms with Crippen molar-refractivity contribution in [2.45, 2.75) is 12.6 Å². The van der Waals surface area contributed by atoms with Crippen LogP contribution in [-0.4, -0.2) is 36.3 Å². The third kappa shape index (κ3) is 4.93. The van der Waals surface area contributed by atoms with Crippen LogP contribution in [0.25, 0.3) is 0 Å². The van der Waals surface area contributed by atoms with Crippen molar-refractivity contribution in [1.29, 1.82) is 0 Å². The molecule has 2 N–H and O–H groups in total. The van der Waals surface area contributed by atoms with E-state index in [0.29, 0.717) is 0 Å². The van der Waals surface area contributed by atoms with Crippen molar-refractivity contribution >= 4 is 18.0 Å². The van der Waals surface area contributed by atoms with Crippen LogP contribution >= 0.6 is 0 Å². The Morgan fingerprint density at radius 1 is 1.32 bits per heavy atom. The predicted octanol–water partition coefficient (Wildman–Crippen LogP) is 1.34. The van der Waals surface area contributed by atoms with Crippen LogP contribution in [0.15, 0.2) is 43.0 Å². The Balaban J connectivity index is 2.66. The summed E-state index contributed by atoms with van der Waals surface area (Å²) in [7, 11) is 1.12. The molecule has 0 aliphatic heterocycles. The molecule has 7 heteroatoms.